The largest absolute Gasteiger partial charge is 0.396 e. The molecule has 1 aliphatic heterocycles. The quantitative estimate of drug-likeness (QED) is 0.575. The van der Waals surface area contributed by atoms with E-state index in [1.165, 1.54) is 0 Å². The molecule has 0 unspecified atom stereocenters. The molecule has 1 aliphatic rings. The highest BCUT2D eigenvalue weighted by molar-refractivity contribution is 5.81. The van der Waals surface area contributed by atoms with Crippen LogP contribution in [0.1, 0.15) is 20.3 Å². The number of aliphatic imine (C=N–C) groups is 1. The van der Waals surface area contributed by atoms with Gasteiger partial charge in [0.15, 0.2) is 5.96 Å². The second kappa shape index (κ2) is 4.46. The summed E-state index contributed by atoms with van der Waals surface area (Å²) in [5, 5.41) is 15.2. The number of rotatable bonds is 4. The topological polar surface area (TPSA) is 56.6 Å². The molecule has 0 amide bonds. The summed E-state index contributed by atoms with van der Waals surface area (Å²) in [6.45, 7) is 7.15. The molecule has 0 saturated heterocycles. The van der Waals surface area contributed by atoms with Gasteiger partial charge in [-0.2, -0.15) is 0 Å². The standard InChI is InChI=1S/C9H19N3O/c1-9(2,3-6-13)7-12-8-10-4-5-11-8/h13H,3-7H2,1-2H3,(H2,10,11,12). The van der Waals surface area contributed by atoms with E-state index in [2.05, 4.69) is 29.5 Å². The van der Waals surface area contributed by atoms with Gasteiger partial charge in [-0.3, -0.25) is 4.99 Å². The van der Waals surface area contributed by atoms with E-state index in [4.69, 9.17) is 5.11 Å². The first-order valence-corrected chi connectivity index (χ1v) is 4.77. The number of guanidine groups is 1. The van der Waals surface area contributed by atoms with Gasteiger partial charge in [-0.25, -0.2) is 0 Å². The average molecular weight is 185 g/mol. The SMILES string of the molecule is CC(C)(CCO)CNC1=NCCN1. The lowest BCUT2D eigenvalue weighted by atomic mass is 9.90. The summed E-state index contributed by atoms with van der Waals surface area (Å²) in [5.74, 6) is 0.894. The minimum absolute atomic E-state index is 0.127. The van der Waals surface area contributed by atoms with Gasteiger partial charge in [0, 0.05) is 19.7 Å². The summed E-state index contributed by atoms with van der Waals surface area (Å²) in [4.78, 5) is 4.23. The maximum absolute atomic E-state index is 8.82. The van der Waals surface area contributed by atoms with Gasteiger partial charge in [-0.1, -0.05) is 13.8 Å². The van der Waals surface area contributed by atoms with E-state index in [0.29, 0.717) is 0 Å². The fraction of sp³-hybridized carbons (Fsp3) is 0.889. The predicted molar refractivity (Wildman–Crippen MR) is 53.8 cm³/mol. The van der Waals surface area contributed by atoms with E-state index in [1.54, 1.807) is 0 Å². The normalized spacial score (nSPS) is 16.7. The van der Waals surface area contributed by atoms with Crippen LogP contribution in [0.5, 0.6) is 0 Å². The fourth-order valence-electron chi connectivity index (χ4n) is 1.23. The molecule has 13 heavy (non-hydrogen) atoms. The molecule has 0 aliphatic carbocycles. The Labute approximate surface area is 79.4 Å². The monoisotopic (exact) mass is 185 g/mol. The van der Waals surface area contributed by atoms with Crippen LogP contribution in [-0.4, -0.2) is 37.3 Å². The molecule has 1 heterocycles. The highest BCUT2D eigenvalue weighted by Crippen LogP contribution is 2.17. The summed E-state index contributed by atoms with van der Waals surface area (Å²) >= 11 is 0. The second-order valence-corrected chi connectivity index (χ2v) is 4.15. The zero-order valence-electron chi connectivity index (χ0n) is 8.43. The summed E-state index contributed by atoms with van der Waals surface area (Å²) in [7, 11) is 0. The molecule has 4 heteroatoms. The lowest BCUT2D eigenvalue weighted by Gasteiger charge is -2.24. The molecule has 0 bridgehead atoms. The summed E-state index contributed by atoms with van der Waals surface area (Å²) < 4.78 is 0. The highest BCUT2D eigenvalue weighted by atomic mass is 16.3. The van der Waals surface area contributed by atoms with Crippen LogP contribution in [0.2, 0.25) is 0 Å². The van der Waals surface area contributed by atoms with E-state index in [0.717, 1.165) is 32.0 Å². The molecule has 0 atom stereocenters. The van der Waals surface area contributed by atoms with Gasteiger partial charge < -0.3 is 15.7 Å². The van der Waals surface area contributed by atoms with Crippen LogP contribution in [0.15, 0.2) is 4.99 Å². The number of nitrogens with zero attached hydrogens (tertiary/aromatic N) is 1. The molecule has 0 saturated carbocycles. The van der Waals surface area contributed by atoms with Gasteiger partial charge in [0.05, 0.1) is 6.54 Å². The van der Waals surface area contributed by atoms with Crippen LogP contribution in [0.25, 0.3) is 0 Å². The summed E-state index contributed by atoms with van der Waals surface area (Å²) in [6, 6.07) is 0. The molecule has 0 spiro atoms. The van der Waals surface area contributed by atoms with Gasteiger partial charge in [0.1, 0.15) is 0 Å². The van der Waals surface area contributed by atoms with Crippen molar-refractivity contribution in [3.8, 4) is 0 Å². The maximum atomic E-state index is 8.82. The number of aliphatic hydroxyl groups is 1. The molecule has 3 N–H and O–H groups in total. The molecule has 76 valence electrons. The van der Waals surface area contributed by atoms with Crippen molar-refractivity contribution in [2.45, 2.75) is 20.3 Å². The Hall–Kier alpha value is -0.770. The van der Waals surface area contributed by atoms with Crippen LogP contribution in [-0.2, 0) is 0 Å². The molecule has 0 aromatic carbocycles. The highest BCUT2D eigenvalue weighted by Gasteiger charge is 2.17. The maximum Gasteiger partial charge on any atom is 0.191 e. The van der Waals surface area contributed by atoms with Crippen molar-refractivity contribution in [1.29, 1.82) is 0 Å². The van der Waals surface area contributed by atoms with E-state index in [1.807, 2.05) is 0 Å². The van der Waals surface area contributed by atoms with Crippen LogP contribution in [0, 0.1) is 5.41 Å². The van der Waals surface area contributed by atoms with Crippen molar-refractivity contribution in [2.24, 2.45) is 10.4 Å². The Balaban J connectivity index is 2.23. The zero-order valence-corrected chi connectivity index (χ0v) is 8.43. The molecular weight excluding hydrogens is 166 g/mol. The third-order valence-corrected chi connectivity index (χ3v) is 2.20. The fourth-order valence-corrected chi connectivity index (χ4v) is 1.23. The Bertz CT molecular complexity index is 189. The van der Waals surface area contributed by atoms with Crippen molar-refractivity contribution >= 4 is 5.96 Å². The second-order valence-electron chi connectivity index (χ2n) is 4.15. The molecule has 0 aromatic rings. The van der Waals surface area contributed by atoms with Crippen molar-refractivity contribution in [3.05, 3.63) is 0 Å². The van der Waals surface area contributed by atoms with Crippen molar-refractivity contribution in [1.82, 2.24) is 10.6 Å². The van der Waals surface area contributed by atoms with Gasteiger partial charge in [-0.15, -0.1) is 0 Å². The van der Waals surface area contributed by atoms with Gasteiger partial charge in [-0.05, 0) is 11.8 Å². The molecule has 4 nitrogen and oxygen atoms in total. The molecular formula is C9H19N3O. The number of hydrogen-bond donors (Lipinski definition) is 3. The third-order valence-electron chi connectivity index (χ3n) is 2.20. The van der Waals surface area contributed by atoms with E-state index in [9.17, 15) is 0 Å². The minimum Gasteiger partial charge on any atom is -0.396 e. The first-order valence-electron chi connectivity index (χ1n) is 4.77. The van der Waals surface area contributed by atoms with E-state index >= 15 is 0 Å². The molecule has 0 fully saturated rings. The average Bonchev–Trinajstić information content (AvgIpc) is 2.52. The smallest absolute Gasteiger partial charge is 0.191 e. The zero-order chi connectivity index (χ0) is 9.73. The summed E-state index contributed by atoms with van der Waals surface area (Å²) in [5.41, 5.74) is 0.127. The van der Waals surface area contributed by atoms with Crippen LogP contribution in [0.4, 0.5) is 0 Å². The number of hydrogen-bond acceptors (Lipinski definition) is 4. The van der Waals surface area contributed by atoms with E-state index in [-0.39, 0.29) is 12.0 Å². The van der Waals surface area contributed by atoms with Crippen molar-refractivity contribution in [3.63, 3.8) is 0 Å². The Morgan fingerprint density at radius 2 is 2.38 bits per heavy atom. The van der Waals surface area contributed by atoms with E-state index < -0.39 is 0 Å². The lowest BCUT2D eigenvalue weighted by molar-refractivity contribution is 0.212. The third kappa shape index (κ3) is 3.63. The van der Waals surface area contributed by atoms with Gasteiger partial charge in [0.25, 0.3) is 0 Å². The van der Waals surface area contributed by atoms with Crippen LogP contribution < -0.4 is 10.6 Å². The van der Waals surface area contributed by atoms with Crippen LogP contribution in [0.3, 0.4) is 0 Å². The lowest BCUT2D eigenvalue weighted by Crippen LogP contribution is -2.40. The van der Waals surface area contributed by atoms with Crippen LogP contribution >= 0.6 is 0 Å². The Morgan fingerprint density at radius 3 is 2.92 bits per heavy atom. The first kappa shape index (κ1) is 10.3. The van der Waals surface area contributed by atoms with Gasteiger partial charge in [0.2, 0.25) is 0 Å². The minimum atomic E-state index is 0.127. The Kier molecular flexibility index (Phi) is 3.54. The van der Waals surface area contributed by atoms with Crippen molar-refractivity contribution < 1.29 is 5.11 Å². The molecule has 1 rings (SSSR count). The first-order chi connectivity index (χ1) is 6.14. The van der Waals surface area contributed by atoms with Crippen molar-refractivity contribution in [2.75, 3.05) is 26.2 Å². The van der Waals surface area contributed by atoms with Gasteiger partial charge >= 0.3 is 0 Å². The molecule has 0 radical (unpaired) electrons. The molecule has 0 aromatic heterocycles. The summed E-state index contributed by atoms with van der Waals surface area (Å²) in [6.07, 6.45) is 0.813. The predicted octanol–water partition coefficient (Wildman–Crippen LogP) is -0.0562. The number of aliphatic hydroxyl groups excluding tert-OH is 1. The number of nitrogens with one attached hydrogen (secondary N) is 2. The Morgan fingerprint density at radius 1 is 1.62 bits per heavy atom.